The Morgan fingerprint density at radius 3 is 2.68 bits per heavy atom. The number of benzene rings is 1. The van der Waals surface area contributed by atoms with E-state index < -0.39 is 5.56 Å². The lowest BCUT2D eigenvalue weighted by molar-refractivity contribution is 0.404. The van der Waals surface area contributed by atoms with Crippen LogP contribution in [0.5, 0.6) is 5.88 Å². The topological polar surface area (TPSA) is 71.2 Å². The second-order valence-corrected chi connectivity index (χ2v) is 6.82. The van der Waals surface area contributed by atoms with E-state index in [0.717, 1.165) is 9.33 Å². The van der Waals surface area contributed by atoms with Crippen molar-refractivity contribution in [2.75, 3.05) is 0 Å². The van der Waals surface area contributed by atoms with E-state index in [1.165, 1.54) is 4.57 Å². The zero-order chi connectivity index (χ0) is 17.8. The number of aromatic hydroxyl groups is 1. The summed E-state index contributed by atoms with van der Waals surface area (Å²) in [5, 5.41) is 10.5. The average molecular weight is 466 g/mol. The molecule has 0 saturated carbocycles. The maximum Gasteiger partial charge on any atom is 0.259 e. The molecule has 1 aromatic carbocycles. The van der Waals surface area contributed by atoms with Crippen LogP contribution in [-0.4, -0.2) is 14.7 Å². The molecule has 3 rings (SSSR count). The monoisotopic (exact) mass is 466 g/mol. The molecule has 2 N–H and O–H groups in total. The van der Waals surface area contributed by atoms with Crippen LogP contribution in [0.25, 0.3) is 6.08 Å². The van der Waals surface area contributed by atoms with Crippen molar-refractivity contribution in [3.05, 3.63) is 84.3 Å². The lowest BCUT2D eigenvalue weighted by atomic mass is 10.2. The van der Waals surface area contributed by atoms with Gasteiger partial charge in [-0.1, -0.05) is 42.5 Å². The molecule has 0 bridgehead atoms. The molecule has 0 spiro atoms. The zero-order valence-electron chi connectivity index (χ0n) is 13.1. The number of allylic oxidation sites excluding steroid dienone is 1. The van der Waals surface area contributed by atoms with Crippen molar-refractivity contribution < 1.29 is 9.52 Å². The van der Waals surface area contributed by atoms with Crippen molar-refractivity contribution in [1.82, 2.24) is 9.55 Å². The van der Waals surface area contributed by atoms with Crippen molar-refractivity contribution in [3.63, 3.8) is 0 Å². The molecule has 7 heteroatoms. The standard InChI is InChI=1S/C18H15IN2O3S/c19-15-9-8-13(24-15)11-14-16(22)20-18(25)21(17(14)23)10-4-7-12-5-2-1-3-6-12/h1-9,23H,10-11H2,(H,20,22,25). The summed E-state index contributed by atoms with van der Waals surface area (Å²) in [6, 6.07) is 13.4. The Bertz CT molecular complexity index is 1020. The number of aromatic amines is 1. The van der Waals surface area contributed by atoms with Crippen LogP contribution in [0.15, 0.2) is 57.8 Å². The van der Waals surface area contributed by atoms with Gasteiger partial charge in [0.05, 0.1) is 5.56 Å². The van der Waals surface area contributed by atoms with Crippen LogP contribution in [0, 0.1) is 8.54 Å². The van der Waals surface area contributed by atoms with Gasteiger partial charge in [-0.25, -0.2) is 0 Å². The number of H-pyrrole nitrogens is 1. The zero-order valence-corrected chi connectivity index (χ0v) is 16.1. The fraction of sp³-hybridized carbons (Fsp3) is 0.111. The van der Waals surface area contributed by atoms with Gasteiger partial charge in [0.25, 0.3) is 5.56 Å². The van der Waals surface area contributed by atoms with Crippen LogP contribution in [-0.2, 0) is 13.0 Å². The van der Waals surface area contributed by atoms with Crippen LogP contribution in [0.4, 0.5) is 0 Å². The van der Waals surface area contributed by atoms with Gasteiger partial charge < -0.3 is 9.52 Å². The summed E-state index contributed by atoms with van der Waals surface area (Å²) in [6.07, 6.45) is 4.01. The fourth-order valence-corrected chi connectivity index (χ4v) is 3.13. The van der Waals surface area contributed by atoms with Gasteiger partial charge in [-0.3, -0.25) is 14.3 Å². The lowest BCUT2D eigenvalue weighted by Crippen LogP contribution is -2.19. The largest absolute Gasteiger partial charge is 0.494 e. The highest BCUT2D eigenvalue weighted by Gasteiger charge is 2.14. The van der Waals surface area contributed by atoms with E-state index in [4.69, 9.17) is 16.6 Å². The highest BCUT2D eigenvalue weighted by Crippen LogP contribution is 2.19. The number of hydrogen-bond acceptors (Lipinski definition) is 4. The summed E-state index contributed by atoms with van der Waals surface area (Å²) >= 11 is 7.22. The van der Waals surface area contributed by atoms with Crippen LogP contribution >= 0.6 is 34.8 Å². The summed E-state index contributed by atoms with van der Waals surface area (Å²) in [7, 11) is 0. The SMILES string of the molecule is O=c1[nH]c(=S)n(CC=Cc2ccccc2)c(O)c1Cc1ccc(I)o1. The Hall–Kier alpha value is -2.13. The highest BCUT2D eigenvalue weighted by molar-refractivity contribution is 14.1. The molecule has 0 atom stereocenters. The Balaban J connectivity index is 1.89. The van der Waals surface area contributed by atoms with Crippen molar-refractivity contribution in [1.29, 1.82) is 0 Å². The van der Waals surface area contributed by atoms with Crippen molar-refractivity contribution in [2.45, 2.75) is 13.0 Å². The van der Waals surface area contributed by atoms with Crippen LogP contribution < -0.4 is 5.56 Å². The number of nitrogens with one attached hydrogen (secondary N) is 1. The molecular formula is C18H15IN2O3S. The first kappa shape index (κ1) is 17.7. The summed E-state index contributed by atoms with van der Waals surface area (Å²) in [4.78, 5) is 14.8. The molecule has 128 valence electrons. The van der Waals surface area contributed by atoms with Gasteiger partial charge in [0.15, 0.2) is 8.54 Å². The Morgan fingerprint density at radius 2 is 2.00 bits per heavy atom. The van der Waals surface area contributed by atoms with Crippen molar-refractivity contribution in [3.8, 4) is 5.88 Å². The van der Waals surface area contributed by atoms with Gasteiger partial charge in [0.1, 0.15) is 5.76 Å². The third-order valence-electron chi connectivity index (χ3n) is 3.64. The normalized spacial score (nSPS) is 11.2. The van der Waals surface area contributed by atoms with Crippen LogP contribution in [0.2, 0.25) is 0 Å². The number of rotatable bonds is 5. The molecule has 0 radical (unpaired) electrons. The molecule has 2 aromatic heterocycles. The first-order valence-corrected chi connectivity index (χ1v) is 9.04. The minimum Gasteiger partial charge on any atom is -0.494 e. The van der Waals surface area contributed by atoms with Crippen LogP contribution in [0.3, 0.4) is 0 Å². The minimum absolute atomic E-state index is 0.141. The second-order valence-electron chi connectivity index (χ2n) is 5.37. The smallest absolute Gasteiger partial charge is 0.259 e. The molecule has 3 aromatic rings. The van der Waals surface area contributed by atoms with Crippen molar-refractivity contribution >= 4 is 40.9 Å². The van der Waals surface area contributed by atoms with Gasteiger partial charge in [0.2, 0.25) is 5.88 Å². The third-order valence-corrected chi connectivity index (χ3v) is 4.55. The quantitative estimate of drug-likeness (QED) is 0.439. The predicted octanol–water partition coefficient (Wildman–Crippen LogP) is 4.11. The van der Waals surface area contributed by atoms with Crippen LogP contribution in [0.1, 0.15) is 16.9 Å². The molecule has 0 aliphatic heterocycles. The third kappa shape index (κ3) is 4.29. The summed E-state index contributed by atoms with van der Waals surface area (Å²) < 4.78 is 7.87. The molecule has 0 aliphatic rings. The molecular weight excluding hydrogens is 451 g/mol. The number of hydrogen-bond donors (Lipinski definition) is 2. The predicted molar refractivity (Wildman–Crippen MR) is 107 cm³/mol. The number of nitrogens with zero attached hydrogens (tertiary/aromatic N) is 1. The van der Waals surface area contributed by atoms with E-state index >= 15 is 0 Å². The van der Waals surface area contributed by atoms with E-state index in [1.807, 2.05) is 42.5 Å². The van der Waals surface area contributed by atoms with E-state index in [-0.39, 0.29) is 22.6 Å². The highest BCUT2D eigenvalue weighted by atomic mass is 127. The molecule has 0 unspecified atom stereocenters. The summed E-state index contributed by atoms with van der Waals surface area (Å²) in [6.45, 7) is 0.346. The maximum atomic E-state index is 12.2. The molecule has 0 aliphatic carbocycles. The number of furan rings is 1. The van der Waals surface area contributed by atoms with Gasteiger partial charge in [-0.05, 0) is 52.5 Å². The Morgan fingerprint density at radius 1 is 1.24 bits per heavy atom. The first-order valence-electron chi connectivity index (χ1n) is 7.55. The summed E-state index contributed by atoms with van der Waals surface area (Å²) in [5.41, 5.74) is 0.868. The summed E-state index contributed by atoms with van der Waals surface area (Å²) in [5.74, 6) is 0.464. The Labute approximate surface area is 162 Å². The van der Waals surface area contributed by atoms with E-state index in [1.54, 1.807) is 12.1 Å². The number of halogens is 1. The van der Waals surface area contributed by atoms with E-state index in [2.05, 4.69) is 27.6 Å². The number of aromatic nitrogens is 2. The maximum absolute atomic E-state index is 12.2. The average Bonchev–Trinajstić information content (AvgIpc) is 3.00. The molecule has 2 heterocycles. The van der Waals surface area contributed by atoms with E-state index in [0.29, 0.717) is 12.3 Å². The minimum atomic E-state index is -0.405. The molecule has 0 saturated heterocycles. The van der Waals surface area contributed by atoms with Gasteiger partial charge in [-0.15, -0.1) is 0 Å². The molecule has 0 fully saturated rings. The van der Waals surface area contributed by atoms with Gasteiger partial charge in [-0.2, -0.15) is 0 Å². The van der Waals surface area contributed by atoms with Gasteiger partial charge in [0, 0.05) is 13.0 Å². The lowest BCUT2D eigenvalue weighted by Gasteiger charge is -2.10. The molecule has 25 heavy (non-hydrogen) atoms. The fourth-order valence-electron chi connectivity index (χ4n) is 2.41. The molecule has 0 amide bonds. The first-order chi connectivity index (χ1) is 12.0. The Kier molecular flexibility index (Phi) is 5.54. The second kappa shape index (κ2) is 7.83. The van der Waals surface area contributed by atoms with E-state index in [9.17, 15) is 9.90 Å². The van der Waals surface area contributed by atoms with Crippen molar-refractivity contribution in [2.24, 2.45) is 0 Å². The molecule has 5 nitrogen and oxygen atoms in total. The van der Waals surface area contributed by atoms with Gasteiger partial charge >= 0.3 is 0 Å².